The lowest BCUT2D eigenvalue weighted by Gasteiger charge is -2.02. The van der Waals surface area contributed by atoms with Gasteiger partial charge in [0.1, 0.15) is 6.29 Å². The molecule has 86 valence electrons. The zero-order valence-electron chi connectivity index (χ0n) is 9.45. The lowest BCUT2D eigenvalue weighted by Crippen LogP contribution is -1.90. The summed E-state index contributed by atoms with van der Waals surface area (Å²) in [5.41, 5.74) is 3.73. The fourth-order valence-corrected chi connectivity index (χ4v) is 1.76. The maximum atomic E-state index is 10.7. The van der Waals surface area contributed by atoms with Crippen LogP contribution in [0.4, 0.5) is 0 Å². The van der Waals surface area contributed by atoms with Crippen LogP contribution in [0.1, 0.15) is 10.4 Å². The van der Waals surface area contributed by atoms with E-state index in [0.29, 0.717) is 11.1 Å². The van der Waals surface area contributed by atoms with Crippen LogP contribution in [-0.4, -0.2) is 21.2 Å². The maximum Gasteiger partial charge on any atom is 0.150 e. The molecule has 4 heteroatoms. The van der Waals surface area contributed by atoms with Gasteiger partial charge in [-0.05, 0) is 30.3 Å². The van der Waals surface area contributed by atoms with Gasteiger partial charge in [0, 0.05) is 23.5 Å². The molecule has 0 unspecified atom stereocenters. The fraction of sp³-hybridized carbons (Fsp3) is 0. The number of carbonyl (C=O) groups is 1. The number of aldehydes is 1. The maximum absolute atomic E-state index is 10.7. The van der Waals surface area contributed by atoms with Crippen LogP contribution >= 0.6 is 0 Å². The average Bonchev–Trinajstić information content (AvgIpc) is 2.47. The lowest BCUT2D eigenvalue weighted by atomic mass is 10.2. The van der Waals surface area contributed by atoms with E-state index in [9.17, 15) is 4.79 Å². The van der Waals surface area contributed by atoms with E-state index in [1.807, 2.05) is 12.1 Å². The highest BCUT2D eigenvalue weighted by atomic mass is 16.1. The van der Waals surface area contributed by atoms with Gasteiger partial charge in [0.25, 0.3) is 0 Å². The van der Waals surface area contributed by atoms with Gasteiger partial charge < -0.3 is 0 Å². The summed E-state index contributed by atoms with van der Waals surface area (Å²) in [4.78, 5) is 23.6. The Balaban J connectivity index is 2.18. The summed E-state index contributed by atoms with van der Waals surface area (Å²) in [6.07, 6.45) is 5.96. The zero-order valence-corrected chi connectivity index (χ0v) is 9.45. The number of hydrogen-bond donors (Lipinski definition) is 0. The summed E-state index contributed by atoms with van der Waals surface area (Å²) < 4.78 is 0. The third kappa shape index (κ3) is 1.84. The number of fused-ring (bicyclic) bond motifs is 1. The quantitative estimate of drug-likeness (QED) is 0.640. The first kappa shape index (κ1) is 10.5. The van der Waals surface area contributed by atoms with E-state index in [4.69, 9.17) is 0 Å². The second kappa shape index (κ2) is 4.33. The monoisotopic (exact) mass is 235 g/mol. The molecule has 0 aliphatic rings. The van der Waals surface area contributed by atoms with Crippen LogP contribution in [0.5, 0.6) is 0 Å². The molecule has 0 N–H and O–H groups in total. The Hall–Kier alpha value is -2.62. The summed E-state index contributed by atoms with van der Waals surface area (Å²) in [6, 6.07) is 9.03. The number of nitrogens with zero attached hydrogens (tertiary/aromatic N) is 3. The SMILES string of the molecule is O=Cc1ccc2ncc(-c3cccnc3)nc2c1. The third-order valence-corrected chi connectivity index (χ3v) is 2.66. The molecule has 0 saturated carbocycles. The highest BCUT2D eigenvalue weighted by Crippen LogP contribution is 2.18. The van der Waals surface area contributed by atoms with E-state index in [-0.39, 0.29) is 0 Å². The van der Waals surface area contributed by atoms with E-state index >= 15 is 0 Å². The first-order valence-electron chi connectivity index (χ1n) is 5.49. The number of pyridine rings is 1. The molecule has 0 aliphatic heterocycles. The molecule has 0 amide bonds. The standard InChI is InChI=1S/C14H9N3O/c18-9-10-3-4-12-13(6-10)17-14(8-16-12)11-2-1-5-15-7-11/h1-9H. The van der Waals surface area contributed by atoms with Crippen molar-refractivity contribution in [3.8, 4) is 11.3 Å². The third-order valence-electron chi connectivity index (χ3n) is 2.66. The number of benzene rings is 1. The predicted molar refractivity (Wildman–Crippen MR) is 68.2 cm³/mol. The van der Waals surface area contributed by atoms with Crippen LogP contribution < -0.4 is 0 Å². The highest BCUT2D eigenvalue weighted by molar-refractivity contribution is 5.85. The van der Waals surface area contributed by atoms with Crippen molar-refractivity contribution < 1.29 is 4.79 Å². The van der Waals surface area contributed by atoms with Crippen LogP contribution in [0, 0.1) is 0 Å². The molecule has 0 saturated heterocycles. The lowest BCUT2D eigenvalue weighted by molar-refractivity contribution is 0.112. The molecule has 0 aliphatic carbocycles. The number of hydrogen-bond acceptors (Lipinski definition) is 4. The Kier molecular flexibility index (Phi) is 2.53. The Morgan fingerprint density at radius 2 is 2.00 bits per heavy atom. The summed E-state index contributed by atoms with van der Waals surface area (Å²) >= 11 is 0. The van der Waals surface area contributed by atoms with E-state index in [0.717, 1.165) is 23.1 Å². The molecule has 0 radical (unpaired) electrons. The van der Waals surface area contributed by atoms with Crippen LogP contribution in [0.25, 0.3) is 22.3 Å². The molecular formula is C14H9N3O. The molecular weight excluding hydrogens is 226 g/mol. The zero-order chi connectivity index (χ0) is 12.4. The molecule has 2 aromatic heterocycles. The summed E-state index contributed by atoms with van der Waals surface area (Å²) in [5, 5.41) is 0. The number of carbonyl (C=O) groups excluding carboxylic acids is 1. The average molecular weight is 235 g/mol. The normalized spacial score (nSPS) is 10.4. The summed E-state index contributed by atoms with van der Waals surface area (Å²) in [5.74, 6) is 0. The minimum atomic E-state index is 0.597. The summed E-state index contributed by atoms with van der Waals surface area (Å²) in [7, 11) is 0. The van der Waals surface area contributed by atoms with Crippen molar-refractivity contribution in [3.05, 3.63) is 54.5 Å². The van der Waals surface area contributed by atoms with E-state index in [1.54, 1.807) is 36.8 Å². The smallest absolute Gasteiger partial charge is 0.150 e. The molecule has 0 spiro atoms. The Labute approximate surface area is 103 Å². The van der Waals surface area contributed by atoms with Crippen molar-refractivity contribution in [1.82, 2.24) is 15.0 Å². The van der Waals surface area contributed by atoms with Crippen molar-refractivity contribution >= 4 is 17.3 Å². The molecule has 4 nitrogen and oxygen atoms in total. The predicted octanol–water partition coefficient (Wildman–Crippen LogP) is 2.50. The Morgan fingerprint density at radius 3 is 2.78 bits per heavy atom. The van der Waals surface area contributed by atoms with Crippen molar-refractivity contribution in [1.29, 1.82) is 0 Å². The van der Waals surface area contributed by atoms with Gasteiger partial charge in [-0.25, -0.2) is 4.98 Å². The second-order valence-corrected chi connectivity index (χ2v) is 3.86. The van der Waals surface area contributed by atoms with Crippen LogP contribution in [0.3, 0.4) is 0 Å². The molecule has 3 aromatic rings. The van der Waals surface area contributed by atoms with Crippen LogP contribution in [0.2, 0.25) is 0 Å². The van der Waals surface area contributed by atoms with Gasteiger partial charge in [-0.3, -0.25) is 14.8 Å². The van der Waals surface area contributed by atoms with Crippen molar-refractivity contribution in [2.24, 2.45) is 0 Å². The van der Waals surface area contributed by atoms with E-state index in [1.165, 1.54) is 0 Å². The minimum absolute atomic E-state index is 0.597. The molecule has 18 heavy (non-hydrogen) atoms. The van der Waals surface area contributed by atoms with Crippen molar-refractivity contribution in [3.63, 3.8) is 0 Å². The minimum Gasteiger partial charge on any atom is -0.298 e. The van der Waals surface area contributed by atoms with Gasteiger partial charge in [0.05, 0.1) is 22.9 Å². The van der Waals surface area contributed by atoms with Gasteiger partial charge in [-0.2, -0.15) is 0 Å². The van der Waals surface area contributed by atoms with Gasteiger partial charge in [-0.1, -0.05) is 0 Å². The van der Waals surface area contributed by atoms with Crippen molar-refractivity contribution in [2.45, 2.75) is 0 Å². The number of rotatable bonds is 2. The van der Waals surface area contributed by atoms with Gasteiger partial charge >= 0.3 is 0 Å². The molecule has 0 bridgehead atoms. The van der Waals surface area contributed by atoms with E-state index in [2.05, 4.69) is 15.0 Å². The molecule has 0 fully saturated rings. The fourth-order valence-electron chi connectivity index (χ4n) is 1.76. The Morgan fingerprint density at radius 1 is 1.06 bits per heavy atom. The molecule has 1 aromatic carbocycles. The second-order valence-electron chi connectivity index (χ2n) is 3.86. The van der Waals surface area contributed by atoms with Gasteiger partial charge in [0.2, 0.25) is 0 Å². The summed E-state index contributed by atoms with van der Waals surface area (Å²) in [6.45, 7) is 0. The van der Waals surface area contributed by atoms with Gasteiger partial charge in [0.15, 0.2) is 0 Å². The molecule has 2 heterocycles. The Bertz CT molecular complexity index is 711. The topological polar surface area (TPSA) is 55.7 Å². The first-order chi connectivity index (χ1) is 8.86. The molecule has 3 rings (SSSR count). The van der Waals surface area contributed by atoms with Crippen LogP contribution in [0.15, 0.2) is 48.9 Å². The first-order valence-corrected chi connectivity index (χ1v) is 5.49. The highest BCUT2D eigenvalue weighted by Gasteiger charge is 2.03. The number of aromatic nitrogens is 3. The largest absolute Gasteiger partial charge is 0.298 e. The molecule has 0 atom stereocenters. The van der Waals surface area contributed by atoms with Crippen molar-refractivity contribution in [2.75, 3.05) is 0 Å². The van der Waals surface area contributed by atoms with Gasteiger partial charge in [-0.15, -0.1) is 0 Å². The van der Waals surface area contributed by atoms with E-state index < -0.39 is 0 Å². The van der Waals surface area contributed by atoms with Crippen LogP contribution in [-0.2, 0) is 0 Å².